The number of alkyl halides is 6. The van der Waals surface area contributed by atoms with Crippen molar-refractivity contribution in [1.82, 2.24) is 9.29 Å². The van der Waals surface area contributed by atoms with Crippen molar-refractivity contribution >= 4 is 16.2 Å². The molecule has 0 bridgehead atoms. The Morgan fingerprint density at radius 3 is 2.15 bits per heavy atom. The number of rotatable bonds is 7. The molecule has 2 aromatic carbocycles. The summed E-state index contributed by atoms with van der Waals surface area (Å²) in [6.45, 7) is 1.17. The molecule has 4 rings (SSSR count). The Morgan fingerprint density at radius 2 is 1.67 bits per heavy atom. The molecule has 3 aromatic rings. The molecular formula is C23H18F6N2O7S. The smallest absolute Gasteiger partial charge is 0.487 e. The topological polar surface area (TPSA) is 119 Å². The molecule has 0 saturated carbocycles. The van der Waals surface area contributed by atoms with Crippen molar-refractivity contribution in [2.75, 3.05) is 6.54 Å². The average Bonchev–Trinajstić information content (AvgIpc) is 3.19. The van der Waals surface area contributed by atoms with E-state index in [-0.39, 0.29) is 47.7 Å². The maximum absolute atomic E-state index is 13.2. The van der Waals surface area contributed by atoms with Crippen molar-refractivity contribution in [3.63, 3.8) is 0 Å². The molecule has 1 aliphatic heterocycles. The second kappa shape index (κ2) is 10.1. The van der Waals surface area contributed by atoms with Crippen molar-refractivity contribution in [2.24, 2.45) is 0 Å². The van der Waals surface area contributed by atoms with Gasteiger partial charge in [-0.25, -0.2) is 18.2 Å². The summed E-state index contributed by atoms with van der Waals surface area (Å²) in [7, 11) is -4.04. The van der Waals surface area contributed by atoms with Gasteiger partial charge in [0.15, 0.2) is 6.23 Å². The number of benzene rings is 2. The van der Waals surface area contributed by atoms with Crippen LogP contribution in [-0.4, -0.2) is 41.7 Å². The van der Waals surface area contributed by atoms with Crippen LogP contribution in [-0.2, 0) is 33.7 Å². The summed E-state index contributed by atoms with van der Waals surface area (Å²) in [5.74, 6) is -0.229. The Morgan fingerprint density at radius 1 is 1.08 bits per heavy atom. The van der Waals surface area contributed by atoms with E-state index < -0.39 is 57.3 Å². The van der Waals surface area contributed by atoms with Crippen LogP contribution in [0, 0.1) is 6.92 Å². The van der Waals surface area contributed by atoms with Crippen LogP contribution in [0.5, 0.6) is 5.75 Å². The maximum atomic E-state index is 13.2. The number of oxazole rings is 1. The highest BCUT2D eigenvalue weighted by molar-refractivity contribution is 7.89. The first-order valence-electron chi connectivity index (χ1n) is 11.0. The molecule has 1 fully saturated rings. The molecule has 0 amide bonds. The number of aromatic nitrogens is 1. The summed E-state index contributed by atoms with van der Waals surface area (Å²) in [6.07, 6.45) is -12.6. The van der Waals surface area contributed by atoms with Crippen molar-refractivity contribution in [3.8, 4) is 17.2 Å². The van der Waals surface area contributed by atoms with E-state index in [1.165, 1.54) is 31.2 Å². The van der Waals surface area contributed by atoms with Crippen LogP contribution in [0.1, 0.15) is 29.0 Å². The van der Waals surface area contributed by atoms with Crippen molar-refractivity contribution < 1.29 is 58.6 Å². The van der Waals surface area contributed by atoms with Crippen molar-refractivity contribution in [3.05, 3.63) is 65.0 Å². The van der Waals surface area contributed by atoms with E-state index in [1.54, 1.807) is 0 Å². The summed E-state index contributed by atoms with van der Waals surface area (Å²) < 4.78 is 121. The second-order valence-electron chi connectivity index (χ2n) is 8.32. The molecule has 1 atom stereocenters. The minimum atomic E-state index is -5.04. The van der Waals surface area contributed by atoms with Gasteiger partial charge >= 0.3 is 18.5 Å². The van der Waals surface area contributed by atoms with E-state index in [9.17, 15) is 39.6 Å². The number of ether oxygens (including phenoxy) is 2. The third kappa shape index (κ3) is 6.11. The molecule has 39 heavy (non-hydrogen) atoms. The molecule has 1 N–H and O–H groups in total. The first kappa shape index (κ1) is 28.2. The largest absolute Gasteiger partial charge is 0.507 e. The lowest BCUT2D eigenvalue weighted by atomic mass is 10.0. The van der Waals surface area contributed by atoms with E-state index >= 15 is 0 Å². The zero-order valence-electron chi connectivity index (χ0n) is 19.7. The van der Waals surface area contributed by atoms with Gasteiger partial charge in [0, 0.05) is 18.5 Å². The predicted octanol–water partition coefficient (Wildman–Crippen LogP) is 5.68. The minimum absolute atomic E-state index is 0.00546. The molecular weight excluding hydrogens is 562 g/mol. The van der Waals surface area contributed by atoms with Gasteiger partial charge in [0.2, 0.25) is 15.9 Å². The number of halogens is 6. The number of sulfonamides is 1. The minimum Gasteiger partial charge on any atom is -0.487 e. The van der Waals surface area contributed by atoms with E-state index in [1.807, 2.05) is 0 Å². The quantitative estimate of drug-likeness (QED) is 0.280. The van der Waals surface area contributed by atoms with Crippen LogP contribution >= 0.6 is 0 Å². The SMILES string of the molecule is Cc1oc(-c2cc(C(F)(F)F)cc(C(F)(F)F)c2)nc1COc1ccc(S(=O)(=O)N2CC[C@H]2OC(=O)O)cc1. The summed E-state index contributed by atoms with van der Waals surface area (Å²) in [5, 5.41) is 8.70. The Balaban J connectivity index is 1.49. The lowest BCUT2D eigenvalue weighted by Crippen LogP contribution is -2.52. The molecule has 1 aliphatic rings. The molecule has 0 spiro atoms. The Labute approximate surface area is 216 Å². The maximum Gasteiger partial charge on any atom is 0.507 e. The number of hydrogen-bond acceptors (Lipinski definition) is 7. The Bertz CT molecular complexity index is 1450. The molecule has 2 heterocycles. The van der Waals surface area contributed by atoms with Crippen LogP contribution < -0.4 is 4.74 Å². The zero-order chi connectivity index (χ0) is 28.8. The van der Waals surface area contributed by atoms with Gasteiger partial charge < -0.3 is 19.0 Å². The Kier molecular flexibility index (Phi) is 7.29. The highest BCUT2D eigenvalue weighted by Gasteiger charge is 2.41. The highest BCUT2D eigenvalue weighted by atomic mass is 32.2. The van der Waals surface area contributed by atoms with Gasteiger partial charge in [-0.1, -0.05) is 0 Å². The van der Waals surface area contributed by atoms with Gasteiger partial charge in [0.1, 0.15) is 23.8 Å². The van der Waals surface area contributed by atoms with Gasteiger partial charge in [0.25, 0.3) is 0 Å². The average molecular weight is 580 g/mol. The monoisotopic (exact) mass is 580 g/mol. The van der Waals surface area contributed by atoms with Crippen LogP contribution in [0.15, 0.2) is 51.8 Å². The van der Waals surface area contributed by atoms with Gasteiger partial charge in [-0.15, -0.1) is 0 Å². The van der Waals surface area contributed by atoms with Gasteiger partial charge in [0.05, 0.1) is 16.0 Å². The first-order chi connectivity index (χ1) is 18.1. The fourth-order valence-electron chi connectivity index (χ4n) is 3.61. The molecule has 16 heteroatoms. The molecule has 9 nitrogen and oxygen atoms in total. The normalized spacial score (nSPS) is 16.5. The van der Waals surface area contributed by atoms with Crippen LogP contribution in [0.25, 0.3) is 11.5 Å². The second-order valence-corrected chi connectivity index (χ2v) is 10.2. The molecule has 1 aromatic heterocycles. The van der Waals surface area contributed by atoms with E-state index in [2.05, 4.69) is 9.72 Å². The fraction of sp³-hybridized carbons (Fsp3) is 0.304. The zero-order valence-corrected chi connectivity index (χ0v) is 20.5. The van der Waals surface area contributed by atoms with Crippen LogP contribution in [0.3, 0.4) is 0 Å². The highest BCUT2D eigenvalue weighted by Crippen LogP contribution is 2.39. The summed E-state index contributed by atoms with van der Waals surface area (Å²) in [5.41, 5.74) is -3.48. The summed E-state index contributed by atoms with van der Waals surface area (Å²) in [6, 6.07) is 6.01. The summed E-state index contributed by atoms with van der Waals surface area (Å²) in [4.78, 5) is 14.5. The Hall–Kier alpha value is -3.79. The van der Waals surface area contributed by atoms with E-state index in [0.29, 0.717) is 12.1 Å². The van der Waals surface area contributed by atoms with Gasteiger partial charge in [-0.05, 0) is 49.4 Å². The number of aryl methyl sites for hydroxylation is 1. The number of carbonyl (C=O) groups is 1. The predicted molar refractivity (Wildman–Crippen MR) is 119 cm³/mol. The number of carboxylic acid groups (broad SMARTS) is 1. The van der Waals surface area contributed by atoms with Crippen molar-refractivity contribution in [1.29, 1.82) is 0 Å². The lowest BCUT2D eigenvalue weighted by molar-refractivity contribution is -0.143. The molecule has 1 saturated heterocycles. The first-order valence-corrected chi connectivity index (χ1v) is 12.4. The van der Waals surface area contributed by atoms with E-state index in [0.717, 1.165) is 4.31 Å². The van der Waals surface area contributed by atoms with Crippen LogP contribution in [0.2, 0.25) is 0 Å². The van der Waals surface area contributed by atoms with E-state index in [4.69, 9.17) is 14.3 Å². The number of hydrogen-bond donors (Lipinski definition) is 1. The van der Waals surface area contributed by atoms with Gasteiger partial charge in [-0.3, -0.25) is 0 Å². The van der Waals surface area contributed by atoms with Crippen molar-refractivity contribution in [2.45, 2.75) is 43.4 Å². The number of nitrogens with zero attached hydrogens (tertiary/aromatic N) is 2. The molecule has 0 radical (unpaired) electrons. The third-order valence-electron chi connectivity index (χ3n) is 5.69. The lowest BCUT2D eigenvalue weighted by Gasteiger charge is -2.37. The summed E-state index contributed by atoms with van der Waals surface area (Å²) >= 11 is 0. The molecule has 0 aliphatic carbocycles. The van der Waals surface area contributed by atoms with Crippen LogP contribution in [0.4, 0.5) is 31.1 Å². The van der Waals surface area contributed by atoms with Gasteiger partial charge in [-0.2, -0.15) is 30.6 Å². The molecule has 0 unspecified atom stereocenters. The standard InChI is InChI=1S/C23H18F6N2O7S/c1-12-18(30-20(37-12)13-8-14(22(24,25)26)10-15(9-13)23(27,28)29)11-36-16-2-4-17(5-3-16)39(34,35)31-7-6-19(31)38-21(32)33/h2-5,8-10,19H,6-7,11H2,1H3,(H,32,33)/t19-/m1/s1. The fourth-order valence-corrected chi connectivity index (χ4v) is 5.16. The molecule has 210 valence electrons. The third-order valence-corrected chi connectivity index (χ3v) is 7.59.